The molecule has 0 radical (unpaired) electrons. The van der Waals surface area contributed by atoms with E-state index >= 15 is 0 Å². The van der Waals surface area contributed by atoms with Crippen LogP contribution in [0.25, 0.3) is 11.2 Å². The van der Waals surface area contributed by atoms with Crippen molar-refractivity contribution in [1.29, 1.82) is 0 Å². The summed E-state index contributed by atoms with van der Waals surface area (Å²) < 4.78 is 11.0. The second-order valence-electron chi connectivity index (χ2n) is 5.40. The Morgan fingerprint density at radius 2 is 2.04 bits per heavy atom. The van der Waals surface area contributed by atoms with Gasteiger partial charge in [-0.3, -0.25) is 0 Å². The van der Waals surface area contributed by atoms with E-state index in [1.54, 1.807) is 6.92 Å². The molecule has 0 unspecified atom stereocenters. The lowest BCUT2D eigenvalue weighted by molar-refractivity contribution is 0.112. The van der Waals surface area contributed by atoms with E-state index in [1.165, 1.54) is 6.33 Å². The van der Waals surface area contributed by atoms with Crippen LogP contribution in [0.1, 0.15) is 12.8 Å². The first-order valence-electron chi connectivity index (χ1n) is 7.86. The lowest BCUT2D eigenvalue weighted by atomic mass is 10.3. The molecule has 0 saturated heterocycles. The summed E-state index contributed by atoms with van der Waals surface area (Å²) in [5.41, 5.74) is 1.05. The van der Waals surface area contributed by atoms with Crippen molar-refractivity contribution >= 4 is 17.0 Å². The number of nitrogens with zero attached hydrogens (tertiary/aromatic N) is 4. The Bertz CT molecular complexity index is 791. The lowest BCUT2D eigenvalue weighted by Crippen LogP contribution is -2.36. The highest BCUT2D eigenvalue weighted by atomic mass is 16.5. The van der Waals surface area contributed by atoms with E-state index in [2.05, 4.69) is 15.0 Å². The topological polar surface area (TPSA) is 84.5 Å². The molecule has 1 aromatic carbocycles. The van der Waals surface area contributed by atoms with Gasteiger partial charge in [-0.2, -0.15) is 4.98 Å². The number of benzene rings is 1. The average molecular weight is 328 g/mol. The summed E-state index contributed by atoms with van der Waals surface area (Å²) in [5.74, 6) is 1.92. The highest BCUT2D eigenvalue weighted by Crippen LogP contribution is 2.22. The van der Waals surface area contributed by atoms with E-state index in [9.17, 15) is 5.11 Å². The van der Waals surface area contributed by atoms with Gasteiger partial charge in [0.2, 0.25) is 0 Å². The summed E-state index contributed by atoms with van der Waals surface area (Å²) in [6.45, 7) is 5.00. The van der Waals surface area contributed by atoms with Gasteiger partial charge in [0, 0.05) is 20.0 Å². The van der Waals surface area contributed by atoms with Gasteiger partial charge in [0.1, 0.15) is 24.8 Å². The van der Waals surface area contributed by atoms with Crippen LogP contribution in [-0.4, -0.2) is 45.9 Å². The van der Waals surface area contributed by atoms with E-state index in [0.717, 1.165) is 5.75 Å². The number of hydrogen-bond donors (Lipinski definition) is 1. The maximum atomic E-state index is 10.3. The van der Waals surface area contributed by atoms with Crippen molar-refractivity contribution in [2.45, 2.75) is 20.0 Å². The van der Waals surface area contributed by atoms with Crippen molar-refractivity contribution in [3.05, 3.63) is 42.5 Å². The molecule has 7 nitrogen and oxygen atoms in total. The van der Waals surface area contributed by atoms with Crippen LogP contribution in [0.4, 0.5) is 5.82 Å². The summed E-state index contributed by atoms with van der Waals surface area (Å²) in [6, 6.07) is 9.42. The number of hydrogen-bond acceptors (Lipinski definition) is 7. The van der Waals surface area contributed by atoms with Crippen molar-refractivity contribution in [2.24, 2.45) is 0 Å². The lowest BCUT2D eigenvalue weighted by Gasteiger charge is -2.24. The molecule has 126 valence electrons. The van der Waals surface area contributed by atoms with Crippen LogP contribution in [-0.2, 0) is 0 Å². The fraction of sp³-hybridized carbons (Fsp3) is 0.353. The Hall–Kier alpha value is -2.67. The fourth-order valence-electron chi connectivity index (χ4n) is 2.46. The second-order valence-corrected chi connectivity index (χ2v) is 5.40. The zero-order chi connectivity index (χ0) is 16.9. The molecule has 1 N–H and O–H groups in total. The molecule has 0 aliphatic rings. The van der Waals surface area contributed by atoms with E-state index < -0.39 is 6.10 Å². The third-order valence-electron chi connectivity index (χ3n) is 3.58. The highest BCUT2D eigenvalue weighted by molar-refractivity contribution is 5.81. The van der Waals surface area contributed by atoms with Gasteiger partial charge in [0.15, 0.2) is 17.2 Å². The standard InChI is InChI=1S/C17H20N4O3/c1-3-21(9-13(22)10-23-14-7-5-4-6-8-14)16-15-17(19-11-18-16)24-12(2)20-15/h4-8,11,13,22H,3,9-10H2,1-2H3/t13-/m1/s1. The second kappa shape index (κ2) is 7.27. The molecule has 24 heavy (non-hydrogen) atoms. The van der Waals surface area contributed by atoms with Gasteiger partial charge in [-0.15, -0.1) is 0 Å². The fourth-order valence-corrected chi connectivity index (χ4v) is 2.46. The van der Waals surface area contributed by atoms with Gasteiger partial charge in [0.25, 0.3) is 5.71 Å². The molecule has 2 aromatic heterocycles. The third-order valence-corrected chi connectivity index (χ3v) is 3.58. The van der Waals surface area contributed by atoms with Gasteiger partial charge >= 0.3 is 0 Å². The predicted octanol–water partition coefficient (Wildman–Crippen LogP) is 2.19. The van der Waals surface area contributed by atoms with Crippen LogP contribution in [0.3, 0.4) is 0 Å². The van der Waals surface area contributed by atoms with Crippen LogP contribution in [0.15, 0.2) is 41.1 Å². The molecule has 0 aliphatic heterocycles. The minimum Gasteiger partial charge on any atom is -0.491 e. The summed E-state index contributed by atoms with van der Waals surface area (Å²) in [5, 5.41) is 10.3. The number of likely N-dealkylation sites (N-methyl/N-ethyl adjacent to an activating group) is 1. The highest BCUT2D eigenvalue weighted by Gasteiger charge is 2.18. The largest absolute Gasteiger partial charge is 0.491 e. The normalized spacial score (nSPS) is 12.3. The third kappa shape index (κ3) is 3.62. The molecule has 2 heterocycles. The molecule has 0 fully saturated rings. The molecule has 1 atom stereocenters. The molecule has 0 amide bonds. The molecule has 0 spiro atoms. The van der Waals surface area contributed by atoms with Gasteiger partial charge in [-0.05, 0) is 19.1 Å². The predicted molar refractivity (Wildman–Crippen MR) is 90.2 cm³/mol. The maximum absolute atomic E-state index is 10.3. The van der Waals surface area contributed by atoms with Crippen molar-refractivity contribution in [3.63, 3.8) is 0 Å². The molecule has 0 saturated carbocycles. The number of fused-ring (bicyclic) bond motifs is 1. The Kier molecular flexibility index (Phi) is 4.90. The van der Waals surface area contributed by atoms with Crippen molar-refractivity contribution in [3.8, 4) is 5.75 Å². The minimum absolute atomic E-state index is 0.201. The van der Waals surface area contributed by atoms with E-state index in [4.69, 9.17) is 9.15 Å². The number of aryl methyl sites for hydroxylation is 1. The Morgan fingerprint density at radius 1 is 1.25 bits per heavy atom. The summed E-state index contributed by atoms with van der Waals surface area (Å²) in [4.78, 5) is 14.7. The monoisotopic (exact) mass is 328 g/mol. The average Bonchev–Trinajstić information content (AvgIpc) is 2.99. The molecule has 7 heteroatoms. The first-order valence-corrected chi connectivity index (χ1v) is 7.86. The molecular formula is C17H20N4O3. The Morgan fingerprint density at radius 3 is 2.79 bits per heavy atom. The van der Waals surface area contributed by atoms with Crippen LogP contribution >= 0.6 is 0 Å². The van der Waals surface area contributed by atoms with E-state index in [-0.39, 0.29) is 6.61 Å². The molecular weight excluding hydrogens is 308 g/mol. The Labute approximate surface area is 139 Å². The van der Waals surface area contributed by atoms with E-state index in [0.29, 0.717) is 36.0 Å². The van der Waals surface area contributed by atoms with Crippen LogP contribution < -0.4 is 9.64 Å². The smallest absolute Gasteiger partial charge is 0.252 e. The summed E-state index contributed by atoms with van der Waals surface area (Å²) >= 11 is 0. The minimum atomic E-state index is -0.664. The molecule has 3 rings (SSSR count). The van der Waals surface area contributed by atoms with Crippen LogP contribution in [0, 0.1) is 6.92 Å². The summed E-state index contributed by atoms with van der Waals surface area (Å²) in [6.07, 6.45) is 0.779. The molecule has 0 bridgehead atoms. The summed E-state index contributed by atoms with van der Waals surface area (Å²) in [7, 11) is 0. The number of ether oxygens (including phenoxy) is 1. The van der Waals surface area contributed by atoms with Gasteiger partial charge in [0.05, 0.1) is 0 Å². The van der Waals surface area contributed by atoms with Crippen LogP contribution in [0.2, 0.25) is 0 Å². The number of anilines is 1. The van der Waals surface area contributed by atoms with Crippen molar-refractivity contribution < 1.29 is 14.3 Å². The van der Waals surface area contributed by atoms with E-state index in [1.807, 2.05) is 42.2 Å². The Balaban J connectivity index is 1.69. The maximum Gasteiger partial charge on any atom is 0.252 e. The zero-order valence-electron chi connectivity index (χ0n) is 13.7. The zero-order valence-corrected chi connectivity index (χ0v) is 13.7. The van der Waals surface area contributed by atoms with Crippen molar-refractivity contribution in [2.75, 3.05) is 24.6 Å². The first kappa shape index (κ1) is 16.2. The SMILES string of the molecule is CCN(C[C@@H](O)COc1ccccc1)c1ncnc2oc(C)nc12. The molecule has 0 aliphatic carbocycles. The number of aliphatic hydroxyl groups excluding tert-OH is 1. The van der Waals surface area contributed by atoms with Gasteiger partial charge in [-0.1, -0.05) is 18.2 Å². The molecule has 3 aromatic rings. The number of aromatic nitrogens is 3. The number of rotatable bonds is 7. The van der Waals surface area contributed by atoms with Crippen LogP contribution in [0.5, 0.6) is 5.75 Å². The number of aliphatic hydroxyl groups is 1. The number of para-hydroxylation sites is 1. The van der Waals surface area contributed by atoms with Gasteiger partial charge in [-0.25, -0.2) is 9.97 Å². The number of oxazole rings is 1. The quantitative estimate of drug-likeness (QED) is 0.711. The van der Waals surface area contributed by atoms with Crippen molar-refractivity contribution in [1.82, 2.24) is 15.0 Å². The first-order chi connectivity index (χ1) is 11.7. The van der Waals surface area contributed by atoms with Gasteiger partial charge < -0.3 is 19.2 Å².